The van der Waals surface area contributed by atoms with E-state index < -0.39 is 0 Å². The maximum atomic E-state index is 5.28. The highest BCUT2D eigenvalue weighted by Gasteiger charge is 2.41. The van der Waals surface area contributed by atoms with Crippen molar-refractivity contribution >= 4 is 12.2 Å². The first-order chi connectivity index (χ1) is 6.81. The van der Waals surface area contributed by atoms with Gasteiger partial charge >= 0.3 is 0 Å². The number of hydrogen-bond acceptors (Lipinski definition) is 2. The highest BCUT2D eigenvalue weighted by Crippen LogP contribution is 2.49. The number of aromatic nitrogens is 3. The van der Waals surface area contributed by atoms with Crippen molar-refractivity contribution in [2.45, 2.75) is 44.6 Å². The van der Waals surface area contributed by atoms with Gasteiger partial charge in [0, 0.05) is 12.0 Å². The molecule has 2 aliphatic carbocycles. The largest absolute Gasteiger partial charge is 0.301 e. The Morgan fingerprint density at radius 2 is 2.36 bits per heavy atom. The molecule has 0 aromatic carbocycles. The van der Waals surface area contributed by atoms with Crippen LogP contribution in [-0.4, -0.2) is 14.8 Å². The van der Waals surface area contributed by atoms with Crippen molar-refractivity contribution in [3.8, 4) is 0 Å². The van der Waals surface area contributed by atoms with Gasteiger partial charge in [-0.2, -0.15) is 5.10 Å². The molecule has 0 spiro atoms. The van der Waals surface area contributed by atoms with E-state index >= 15 is 0 Å². The average Bonchev–Trinajstić information content (AvgIpc) is 3.08. The van der Waals surface area contributed by atoms with Crippen LogP contribution < -0.4 is 0 Å². The molecule has 2 unspecified atom stereocenters. The second-order valence-electron chi connectivity index (χ2n) is 4.50. The number of hydrogen-bond donors (Lipinski definition) is 1. The van der Waals surface area contributed by atoms with Crippen molar-refractivity contribution in [2.24, 2.45) is 5.92 Å². The third-order valence-electron chi connectivity index (χ3n) is 3.42. The third-order valence-corrected chi connectivity index (χ3v) is 3.70. The van der Waals surface area contributed by atoms with Gasteiger partial charge in [0.1, 0.15) is 5.82 Å². The first-order valence-electron chi connectivity index (χ1n) is 5.48. The second kappa shape index (κ2) is 2.92. The fraction of sp³-hybridized carbons (Fsp3) is 0.800. The minimum Gasteiger partial charge on any atom is -0.301 e. The van der Waals surface area contributed by atoms with E-state index in [1.807, 2.05) is 0 Å². The Balaban J connectivity index is 1.95. The lowest BCUT2D eigenvalue weighted by molar-refractivity contribution is 0.606. The molecular formula is C10H15N3S. The zero-order valence-corrected chi connectivity index (χ0v) is 9.18. The van der Waals surface area contributed by atoms with Crippen LogP contribution in [0.2, 0.25) is 0 Å². The minimum atomic E-state index is 0.654. The van der Waals surface area contributed by atoms with Crippen LogP contribution in [-0.2, 0) is 0 Å². The van der Waals surface area contributed by atoms with E-state index in [-0.39, 0.29) is 0 Å². The van der Waals surface area contributed by atoms with Gasteiger partial charge in [-0.1, -0.05) is 13.3 Å². The predicted octanol–water partition coefficient (Wildman–Crippen LogP) is 2.79. The van der Waals surface area contributed by atoms with Gasteiger partial charge < -0.3 is 4.57 Å². The normalized spacial score (nSPS) is 30.6. The molecular weight excluding hydrogens is 194 g/mol. The summed E-state index contributed by atoms with van der Waals surface area (Å²) in [6.07, 6.45) is 5.15. The molecule has 76 valence electrons. The van der Waals surface area contributed by atoms with Crippen molar-refractivity contribution in [1.29, 1.82) is 0 Å². The van der Waals surface area contributed by atoms with Crippen LogP contribution in [0.5, 0.6) is 0 Å². The molecule has 1 aromatic rings. The smallest absolute Gasteiger partial charge is 0.195 e. The number of aromatic amines is 1. The van der Waals surface area contributed by atoms with Gasteiger partial charge in [-0.05, 0) is 37.4 Å². The fourth-order valence-corrected chi connectivity index (χ4v) is 2.53. The highest BCUT2D eigenvalue weighted by atomic mass is 32.1. The van der Waals surface area contributed by atoms with Gasteiger partial charge in [0.05, 0.1) is 0 Å². The molecule has 2 atom stereocenters. The molecule has 2 aliphatic rings. The van der Waals surface area contributed by atoms with E-state index in [0.29, 0.717) is 12.0 Å². The van der Waals surface area contributed by atoms with Gasteiger partial charge in [-0.3, -0.25) is 5.10 Å². The summed E-state index contributed by atoms with van der Waals surface area (Å²) in [5, 5.41) is 7.29. The van der Waals surface area contributed by atoms with Gasteiger partial charge in [0.25, 0.3) is 0 Å². The minimum absolute atomic E-state index is 0.654. The lowest BCUT2D eigenvalue weighted by Gasteiger charge is -2.03. The third kappa shape index (κ3) is 1.24. The van der Waals surface area contributed by atoms with Crippen molar-refractivity contribution in [1.82, 2.24) is 14.8 Å². The molecule has 2 saturated carbocycles. The van der Waals surface area contributed by atoms with E-state index in [1.54, 1.807) is 0 Å². The maximum absolute atomic E-state index is 5.28. The molecule has 0 saturated heterocycles. The molecule has 3 rings (SSSR count). The molecule has 0 amide bonds. The Kier molecular flexibility index (Phi) is 1.81. The summed E-state index contributed by atoms with van der Waals surface area (Å²) < 4.78 is 3.11. The number of rotatable bonds is 3. The predicted molar refractivity (Wildman–Crippen MR) is 56.8 cm³/mol. The molecule has 2 fully saturated rings. The van der Waals surface area contributed by atoms with E-state index in [2.05, 4.69) is 21.7 Å². The molecule has 3 nitrogen and oxygen atoms in total. The van der Waals surface area contributed by atoms with Gasteiger partial charge in [0.15, 0.2) is 4.77 Å². The zero-order valence-electron chi connectivity index (χ0n) is 8.36. The van der Waals surface area contributed by atoms with E-state index in [4.69, 9.17) is 12.2 Å². The molecule has 1 heterocycles. The Morgan fingerprint density at radius 1 is 1.57 bits per heavy atom. The van der Waals surface area contributed by atoms with Crippen LogP contribution >= 0.6 is 12.2 Å². The molecule has 0 aliphatic heterocycles. The summed E-state index contributed by atoms with van der Waals surface area (Å²) in [5.41, 5.74) is 0. The average molecular weight is 209 g/mol. The summed E-state index contributed by atoms with van der Waals surface area (Å²) in [5.74, 6) is 2.76. The number of H-pyrrole nitrogens is 1. The highest BCUT2D eigenvalue weighted by molar-refractivity contribution is 7.71. The molecule has 14 heavy (non-hydrogen) atoms. The van der Waals surface area contributed by atoms with Crippen molar-refractivity contribution in [2.75, 3.05) is 0 Å². The van der Waals surface area contributed by atoms with Crippen LogP contribution in [0.3, 0.4) is 0 Å². The van der Waals surface area contributed by atoms with E-state index in [9.17, 15) is 0 Å². The Hall–Kier alpha value is -0.640. The molecule has 0 bridgehead atoms. The topological polar surface area (TPSA) is 33.6 Å². The number of nitrogens with zero attached hydrogens (tertiary/aromatic N) is 2. The van der Waals surface area contributed by atoms with Crippen molar-refractivity contribution < 1.29 is 0 Å². The molecule has 4 heteroatoms. The van der Waals surface area contributed by atoms with Crippen LogP contribution in [0.15, 0.2) is 0 Å². The summed E-state index contributed by atoms with van der Waals surface area (Å²) in [6.45, 7) is 2.26. The van der Waals surface area contributed by atoms with Gasteiger partial charge in [-0.15, -0.1) is 0 Å². The molecule has 1 N–H and O–H groups in total. The summed E-state index contributed by atoms with van der Waals surface area (Å²) in [4.78, 5) is 0. The van der Waals surface area contributed by atoms with Crippen LogP contribution in [0.1, 0.15) is 50.4 Å². The summed E-state index contributed by atoms with van der Waals surface area (Å²) >= 11 is 5.28. The standard InChI is InChI=1S/C10H15N3S/c1-2-6-5-8(6)13-9(7-3-4-7)11-12-10(13)14/h6-8H,2-5H2,1H3,(H,12,14). The second-order valence-corrected chi connectivity index (χ2v) is 4.89. The van der Waals surface area contributed by atoms with Crippen molar-refractivity contribution in [3.63, 3.8) is 0 Å². The first kappa shape index (κ1) is 8.65. The van der Waals surface area contributed by atoms with Gasteiger partial charge in [0.2, 0.25) is 0 Å². The lowest BCUT2D eigenvalue weighted by atomic mass is 10.3. The molecule has 0 radical (unpaired) electrons. The van der Waals surface area contributed by atoms with Gasteiger partial charge in [-0.25, -0.2) is 0 Å². The molecule has 1 aromatic heterocycles. The first-order valence-corrected chi connectivity index (χ1v) is 5.89. The van der Waals surface area contributed by atoms with E-state index in [1.165, 1.54) is 31.5 Å². The number of nitrogens with one attached hydrogen (secondary N) is 1. The monoisotopic (exact) mass is 209 g/mol. The van der Waals surface area contributed by atoms with Crippen LogP contribution in [0.25, 0.3) is 0 Å². The zero-order chi connectivity index (χ0) is 9.71. The summed E-state index contributed by atoms with van der Waals surface area (Å²) in [7, 11) is 0. The SMILES string of the molecule is CCC1CC1n1c(C2CC2)n[nH]c1=S. The lowest BCUT2D eigenvalue weighted by Crippen LogP contribution is -2.01. The van der Waals surface area contributed by atoms with Crippen LogP contribution in [0, 0.1) is 10.7 Å². The Morgan fingerprint density at radius 3 is 2.93 bits per heavy atom. The summed E-state index contributed by atoms with van der Waals surface area (Å²) in [6, 6.07) is 0.654. The fourth-order valence-electron chi connectivity index (χ4n) is 2.25. The van der Waals surface area contributed by atoms with E-state index in [0.717, 1.165) is 10.7 Å². The Labute approximate surface area is 88.5 Å². The van der Waals surface area contributed by atoms with Crippen LogP contribution in [0.4, 0.5) is 0 Å². The maximum Gasteiger partial charge on any atom is 0.195 e. The van der Waals surface area contributed by atoms with Crippen molar-refractivity contribution in [3.05, 3.63) is 10.6 Å². The Bertz CT molecular complexity index is 402. The quantitative estimate of drug-likeness (QED) is 0.777.